The average Bonchev–Trinajstić information content (AvgIpc) is 2.62. The van der Waals surface area contributed by atoms with Gasteiger partial charge in [0.15, 0.2) is 11.5 Å². The zero-order chi connectivity index (χ0) is 16.2. The highest BCUT2D eigenvalue weighted by molar-refractivity contribution is 6.12. The number of hydrogen-bond donors (Lipinski definition) is 1. The van der Waals surface area contributed by atoms with E-state index in [4.69, 9.17) is 0 Å². The van der Waals surface area contributed by atoms with Crippen molar-refractivity contribution in [2.75, 3.05) is 0 Å². The van der Waals surface area contributed by atoms with Crippen LogP contribution in [0.2, 0.25) is 0 Å². The second-order valence-electron chi connectivity index (χ2n) is 4.52. The van der Waals surface area contributed by atoms with Crippen LogP contribution in [0.5, 0.6) is 0 Å². The molecule has 7 heteroatoms. The highest BCUT2D eigenvalue weighted by Crippen LogP contribution is 2.16. The van der Waals surface area contributed by atoms with E-state index < -0.39 is 11.8 Å². The molecule has 3 rings (SSSR count). The third kappa shape index (κ3) is 2.93. The average molecular weight is 306 g/mol. The van der Waals surface area contributed by atoms with E-state index in [-0.39, 0.29) is 22.8 Å². The Labute approximate surface area is 130 Å². The van der Waals surface area contributed by atoms with Gasteiger partial charge in [0.1, 0.15) is 11.4 Å². The van der Waals surface area contributed by atoms with E-state index in [1.54, 1.807) is 36.5 Å². The van der Waals surface area contributed by atoms with Gasteiger partial charge in [0.05, 0.1) is 5.56 Å². The molecule has 0 radical (unpaired) electrons. The molecule has 0 aromatic carbocycles. The fraction of sp³-hybridized carbons (Fsp3) is 0. The largest absolute Gasteiger partial charge is 0.476 e. The Morgan fingerprint density at radius 3 is 2.26 bits per heavy atom. The first kappa shape index (κ1) is 14.5. The molecule has 0 bridgehead atoms. The minimum atomic E-state index is -1.32. The SMILES string of the molecule is O=C(c1ccccn1)c1cnc(-c2ccccn2)nc1C(=O)O. The number of carbonyl (C=O) groups excluding carboxylic acids is 1. The molecule has 23 heavy (non-hydrogen) atoms. The maximum atomic E-state index is 12.4. The first-order valence-electron chi connectivity index (χ1n) is 6.64. The van der Waals surface area contributed by atoms with E-state index >= 15 is 0 Å². The molecule has 0 saturated heterocycles. The summed E-state index contributed by atoms with van der Waals surface area (Å²) in [6.45, 7) is 0. The van der Waals surface area contributed by atoms with Crippen LogP contribution in [-0.4, -0.2) is 36.8 Å². The second-order valence-corrected chi connectivity index (χ2v) is 4.52. The van der Waals surface area contributed by atoms with Crippen LogP contribution >= 0.6 is 0 Å². The van der Waals surface area contributed by atoms with Gasteiger partial charge >= 0.3 is 5.97 Å². The number of pyridine rings is 2. The minimum Gasteiger partial charge on any atom is -0.476 e. The Bertz CT molecular complexity index is 867. The predicted molar refractivity (Wildman–Crippen MR) is 79.9 cm³/mol. The van der Waals surface area contributed by atoms with Crippen molar-refractivity contribution < 1.29 is 14.7 Å². The molecular formula is C16H10N4O3. The van der Waals surface area contributed by atoms with Crippen molar-refractivity contribution in [3.8, 4) is 11.5 Å². The Morgan fingerprint density at radius 1 is 0.913 bits per heavy atom. The number of nitrogens with zero attached hydrogens (tertiary/aromatic N) is 4. The van der Waals surface area contributed by atoms with Crippen molar-refractivity contribution in [2.45, 2.75) is 0 Å². The van der Waals surface area contributed by atoms with Crippen LogP contribution in [0.4, 0.5) is 0 Å². The number of aromatic carboxylic acids is 1. The Morgan fingerprint density at radius 2 is 1.65 bits per heavy atom. The van der Waals surface area contributed by atoms with E-state index in [1.807, 2.05) is 0 Å². The van der Waals surface area contributed by atoms with Crippen molar-refractivity contribution in [1.82, 2.24) is 19.9 Å². The third-order valence-corrected chi connectivity index (χ3v) is 3.03. The van der Waals surface area contributed by atoms with Gasteiger partial charge in [-0.05, 0) is 24.3 Å². The van der Waals surface area contributed by atoms with Crippen molar-refractivity contribution in [3.05, 3.63) is 71.9 Å². The lowest BCUT2D eigenvalue weighted by atomic mass is 10.1. The van der Waals surface area contributed by atoms with Crippen LogP contribution in [-0.2, 0) is 0 Å². The van der Waals surface area contributed by atoms with E-state index in [2.05, 4.69) is 19.9 Å². The zero-order valence-corrected chi connectivity index (χ0v) is 11.7. The predicted octanol–water partition coefficient (Wildman–Crippen LogP) is 1.86. The minimum absolute atomic E-state index is 0.115. The van der Waals surface area contributed by atoms with E-state index in [9.17, 15) is 14.7 Å². The van der Waals surface area contributed by atoms with Gasteiger partial charge in [-0.15, -0.1) is 0 Å². The van der Waals surface area contributed by atoms with Crippen molar-refractivity contribution in [1.29, 1.82) is 0 Å². The molecule has 112 valence electrons. The van der Waals surface area contributed by atoms with Gasteiger partial charge in [0, 0.05) is 18.6 Å². The van der Waals surface area contributed by atoms with E-state index in [1.165, 1.54) is 18.5 Å². The molecule has 0 aliphatic heterocycles. The summed E-state index contributed by atoms with van der Waals surface area (Å²) >= 11 is 0. The molecule has 3 heterocycles. The molecule has 3 aromatic rings. The third-order valence-electron chi connectivity index (χ3n) is 3.03. The van der Waals surface area contributed by atoms with Crippen molar-refractivity contribution in [2.24, 2.45) is 0 Å². The summed E-state index contributed by atoms with van der Waals surface area (Å²) in [4.78, 5) is 39.9. The number of ketones is 1. The van der Waals surface area contributed by atoms with E-state index in [0.29, 0.717) is 5.69 Å². The fourth-order valence-electron chi connectivity index (χ4n) is 1.96. The van der Waals surface area contributed by atoms with Crippen LogP contribution in [0.3, 0.4) is 0 Å². The van der Waals surface area contributed by atoms with Crippen LogP contribution < -0.4 is 0 Å². The van der Waals surface area contributed by atoms with Crippen LogP contribution in [0.1, 0.15) is 26.5 Å². The van der Waals surface area contributed by atoms with Gasteiger partial charge < -0.3 is 5.11 Å². The van der Waals surface area contributed by atoms with E-state index in [0.717, 1.165) is 0 Å². The van der Waals surface area contributed by atoms with Gasteiger partial charge in [-0.3, -0.25) is 14.8 Å². The normalized spacial score (nSPS) is 10.3. The summed E-state index contributed by atoms with van der Waals surface area (Å²) in [5.74, 6) is -1.72. The van der Waals surface area contributed by atoms with Gasteiger partial charge in [0.2, 0.25) is 5.78 Å². The second kappa shape index (κ2) is 6.10. The summed E-state index contributed by atoms with van der Waals surface area (Å²) in [7, 11) is 0. The topological polar surface area (TPSA) is 106 Å². The van der Waals surface area contributed by atoms with Crippen molar-refractivity contribution in [3.63, 3.8) is 0 Å². The smallest absolute Gasteiger partial charge is 0.355 e. The van der Waals surface area contributed by atoms with Crippen LogP contribution in [0.15, 0.2) is 55.0 Å². The molecule has 3 aromatic heterocycles. The quantitative estimate of drug-likeness (QED) is 0.733. The standard InChI is InChI=1S/C16H10N4O3/c21-14(11-5-1-3-7-17-11)10-9-19-15(20-13(10)16(22)23)12-6-2-4-8-18-12/h1-9H,(H,22,23). The van der Waals surface area contributed by atoms with Gasteiger partial charge in [0.25, 0.3) is 0 Å². The molecule has 7 nitrogen and oxygen atoms in total. The maximum Gasteiger partial charge on any atom is 0.355 e. The zero-order valence-electron chi connectivity index (χ0n) is 11.7. The summed E-state index contributed by atoms with van der Waals surface area (Å²) in [5, 5.41) is 9.35. The number of aromatic nitrogens is 4. The lowest BCUT2D eigenvalue weighted by Crippen LogP contribution is -2.14. The Hall–Kier alpha value is -3.48. The summed E-state index contributed by atoms with van der Waals surface area (Å²) in [5.41, 5.74) is 0.0585. The van der Waals surface area contributed by atoms with Gasteiger partial charge in [-0.2, -0.15) is 0 Å². The molecule has 1 N–H and O–H groups in total. The molecule has 0 spiro atoms. The summed E-state index contributed by atoms with van der Waals surface area (Å²) < 4.78 is 0. The molecule has 0 amide bonds. The van der Waals surface area contributed by atoms with Crippen molar-refractivity contribution >= 4 is 11.8 Å². The molecular weight excluding hydrogens is 296 g/mol. The highest BCUT2D eigenvalue weighted by atomic mass is 16.4. The number of rotatable bonds is 4. The number of carboxylic acid groups (broad SMARTS) is 1. The molecule has 0 aliphatic rings. The molecule has 0 aliphatic carbocycles. The first-order chi connectivity index (χ1) is 11.2. The summed E-state index contributed by atoms with van der Waals surface area (Å²) in [6.07, 6.45) is 4.19. The Balaban J connectivity index is 2.08. The first-order valence-corrected chi connectivity index (χ1v) is 6.64. The molecule has 0 unspecified atom stereocenters. The van der Waals surface area contributed by atoms with Crippen LogP contribution in [0, 0.1) is 0 Å². The summed E-state index contributed by atoms with van der Waals surface area (Å²) in [6, 6.07) is 9.92. The lowest BCUT2D eigenvalue weighted by Gasteiger charge is -2.06. The molecule has 0 saturated carbocycles. The van der Waals surface area contributed by atoms with Crippen LogP contribution in [0.25, 0.3) is 11.5 Å². The number of carboxylic acids is 1. The monoisotopic (exact) mass is 306 g/mol. The van der Waals surface area contributed by atoms with Gasteiger partial charge in [-0.25, -0.2) is 14.8 Å². The maximum absolute atomic E-state index is 12.4. The lowest BCUT2D eigenvalue weighted by molar-refractivity contribution is 0.0686. The number of hydrogen-bond acceptors (Lipinski definition) is 6. The fourth-order valence-corrected chi connectivity index (χ4v) is 1.96. The van der Waals surface area contributed by atoms with Gasteiger partial charge in [-0.1, -0.05) is 12.1 Å². The molecule has 0 fully saturated rings. The molecule has 0 atom stereocenters. The number of carbonyl (C=O) groups is 2. The highest BCUT2D eigenvalue weighted by Gasteiger charge is 2.22. The Kier molecular flexibility index (Phi) is 3.84.